The highest BCUT2D eigenvalue weighted by atomic mass is 32.2. The average molecular weight is 511 g/mol. The number of rotatable bonds is 8. The van der Waals surface area contributed by atoms with E-state index in [9.17, 15) is 18.5 Å². The molecule has 4 rings (SSSR count). The number of hydrogen-bond acceptors (Lipinski definition) is 7. The fourth-order valence-electron chi connectivity index (χ4n) is 3.67. The Kier molecular flexibility index (Phi) is 6.51. The molecule has 36 heavy (non-hydrogen) atoms. The number of aryl methyl sites for hydroxylation is 4. The summed E-state index contributed by atoms with van der Waals surface area (Å²) in [5.41, 5.74) is 1.18. The summed E-state index contributed by atoms with van der Waals surface area (Å²) in [5, 5.41) is 9.29. The molecule has 0 amide bonds. The standard InChI is InChI=1S/C24H26N6O5S/c1-6-7-34-17-8-16(13-25)9-18(10-17)35-22-12-21-20(29(4)24(31)30(21)5)11-19(22)27-36(32,33)23-14-28(3)15(2)26-23/h8-12,14,27H,6-7H2,1-5H3. The minimum atomic E-state index is -4.08. The van der Waals surface area contributed by atoms with Gasteiger partial charge >= 0.3 is 5.69 Å². The van der Waals surface area contributed by atoms with Crippen LogP contribution >= 0.6 is 0 Å². The van der Waals surface area contributed by atoms with Gasteiger partial charge in [0.25, 0.3) is 10.0 Å². The average Bonchev–Trinajstić information content (AvgIpc) is 3.29. The van der Waals surface area contributed by atoms with Crippen LogP contribution in [0.4, 0.5) is 5.69 Å². The Bertz CT molecular complexity index is 1650. The number of benzene rings is 2. The van der Waals surface area contributed by atoms with Crippen LogP contribution in [0.15, 0.2) is 46.3 Å². The van der Waals surface area contributed by atoms with E-state index in [0.29, 0.717) is 34.8 Å². The van der Waals surface area contributed by atoms with Gasteiger partial charge in [-0.2, -0.15) is 13.7 Å². The molecule has 0 atom stereocenters. The molecule has 0 aliphatic rings. The van der Waals surface area contributed by atoms with Crippen molar-refractivity contribution in [1.82, 2.24) is 18.7 Å². The van der Waals surface area contributed by atoms with Crippen LogP contribution in [0.5, 0.6) is 17.2 Å². The van der Waals surface area contributed by atoms with E-state index in [1.807, 2.05) is 6.92 Å². The van der Waals surface area contributed by atoms with Gasteiger partial charge < -0.3 is 14.0 Å². The maximum atomic E-state index is 13.2. The Hall–Kier alpha value is -4.24. The van der Waals surface area contributed by atoms with Gasteiger partial charge in [-0.15, -0.1) is 0 Å². The molecule has 0 unspecified atom stereocenters. The molecule has 0 saturated heterocycles. The summed E-state index contributed by atoms with van der Waals surface area (Å²) in [6.07, 6.45) is 2.19. The molecule has 2 heterocycles. The number of fused-ring (bicyclic) bond motifs is 1. The summed E-state index contributed by atoms with van der Waals surface area (Å²) >= 11 is 0. The fourth-order valence-corrected chi connectivity index (χ4v) is 4.77. The quantitative estimate of drug-likeness (QED) is 0.385. The third-order valence-corrected chi connectivity index (χ3v) is 6.93. The van der Waals surface area contributed by atoms with Crippen molar-refractivity contribution in [3.8, 4) is 23.3 Å². The summed E-state index contributed by atoms with van der Waals surface area (Å²) in [6.45, 7) is 4.12. The fraction of sp³-hybridized carbons (Fsp3) is 0.292. The van der Waals surface area contributed by atoms with Gasteiger partial charge in [-0.3, -0.25) is 13.9 Å². The van der Waals surface area contributed by atoms with Crippen molar-refractivity contribution in [2.75, 3.05) is 11.3 Å². The minimum absolute atomic E-state index is 0.102. The van der Waals surface area contributed by atoms with Crippen molar-refractivity contribution >= 4 is 26.7 Å². The number of imidazole rings is 2. The molecule has 0 fully saturated rings. The highest BCUT2D eigenvalue weighted by Gasteiger charge is 2.23. The van der Waals surface area contributed by atoms with Gasteiger partial charge in [-0.25, -0.2) is 9.78 Å². The first-order valence-corrected chi connectivity index (χ1v) is 12.6. The molecular formula is C24H26N6O5S. The van der Waals surface area contributed by atoms with Crippen LogP contribution in [0.25, 0.3) is 11.0 Å². The van der Waals surface area contributed by atoms with Crippen LogP contribution in [0, 0.1) is 18.3 Å². The number of nitrogens with zero attached hydrogens (tertiary/aromatic N) is 5. The first-order chi connectivity index (χ1) is 17.0. The van der Waals surface area contributed by atoms with Crippen molar-refractivity contribution in [3.05, 3.63) is 58.4 Å². The Morgan fingerprint density at radius 3 is 2.33 bits per heavy atom. The monoisotopic (exact) mass is 510 g/mol. The van der Waals surface area contributed by atoms with Crippen molar-refractivity contribution < 1.29 is 17.9 Å². The second-order valence-corrected chi connectivity index (χ2v) is 9.97. The van der Waals surface area contributed by atoms with Gasteiger partial charge in [0, 0.05) is 39.5 Å². The molecule has 0 aliphatic heterocycles. The van der Waals surface area contributed by atoms with Crippen molar-refractivity contribution in [2.45, 2.75) is 25.3 Å². The van der Waals surface area contributed by atoms with E-state index in [1.165, 1.54) is 27.5 Å². The molecule has 12 heteroatoms. The summed E-state index contributed by atoms with van der Waals surface area (Å²) < 4.78 is 45.1. The van der Waals surface area contributed by atoms with Crippen molar-refractivity contribution in [2.24, 2.45) is 21.1 Å². The Morgan fingerprint density at radius 2 is 1.72 bits per heavy atom. The predicted octanol–water partition coefficient (Wildman–Crippen LogP) is 3.17. The molecule has 2 aromatic heterocycles. The second-order valence-electron chi connectivity index (χ2n) is 8.34. The minimum Gasteiger partial charge on any atom is -0.493 e. The second kappa shape index (κ2) is 9.43. The van der Waals surface area contributed by atoms with E-state index >= 15 is 0 Å². The Morgan fingerprint density at radius 1 is 1.06 bits per heavy atom. The smallest absolute Gasteiger partial charge is 0.328 e. The number of hydrogen-bond donors (Lipinski definition) is 1. The van der Waals surface area contributed by atoms with Crippen LogP contribution in [-0.2, 0) is 31.2 Å². The summed E-state index contributed by atoms with van der Waals surface area (Å²) in [4.78, 5) is 16.6. The van der Waals surface area contributed by atoms with Crippen LogP contribution in [0.1, 0.15) is 24.7 Å². The maximum absolute atomic E-state index is 13.2. The molecule has 4 aromatic rings. The van der Waals surface area contributed by atoms with E-state index in [0.717, 1.165) is 6.42 Å². The highest BCUT2D eigenvalue weighted by molar-refractivity contribution is 7.92. The van der Waals surface area contributed by atoms with Crippen LogP contribution < -0.4 is 19.9 Å². The Labute approximate surface area is 208 Å². The number of nitrogens with one attached hydrogen (secondary N) is 1. The van der Waals surface area contributed by atoms with Gasteiger partial charge in [0.1, 0.15) is 17.3 Å². The van der Waals surface area contributed by atoms with Gasteiger partial charge in [0.15, 0.2) is 10.8 Å². The highest BCUT2D eigenvalue weighted by Crippen LogP contribution is 2.36. The molecular weight excluding hydrogens is 484 g/mol. The zero-order valence-corrected chi connectivity index (χ0v) is 21.4. The van der Waals surface area contributed by atoms with Gasteiger partial charge in [-0.05, 0) is 31.5 Å². The van der Waals surface area contributed by atoms with E-state index in [2.05, 4.69) is 15.8 Å². The largest absolute Gasteiger partial charge is 0.493 e. The lowest BCUT2D eigenvalue weighted by atomic mass is 10.2. The molecule has 0 aliphatic carbocycles. The number of nitriles is 1. The van der Waals surface area contributed by atoms with Gasteiger partial charge in [0.2, 0.25) is 0 Å². The molecule has 0 radical (unpaired) electrons. The number of sulfonamides is 1. The lowest BCUT2D eigenvalue weighted by Gasteiger charge is -2.15. The zero-order chi connectivity index (χ0) is 26.2. The van der Waals surface area contributed by atoms with Crippen LogP contribution in [0.3, 0.4) is 0 Å². The van der Waals surface area contributed by atoms with E-state index in [1.54, 1.807) is 50.8 Å². The third-order valence-electron chi connectivity index (χ3n) is 5.69. The molecule has 0 bridgehead atoms. The van der Waals surface area contributed by atoms with E-state index < -0.39 is 10.0 Å². The molecule has 1 N–H and O–H groups in total. The van der Waals surface area contributed by atoms with Gasteiger partial charge in [0.05, 0.1) is 35.0 Å². The normalized spacial score (nSPS) is 11.4. The third kappa shape index (κ3) is 4.65. The number of ether oxygens (including phenoxy) is 2. The predicted molar refractivity (Wildman–Crippen MR) is 134 cm³/mol. The SMILES string of the molecule is CCCOc1cc(C#N)cc(Oc2cc3c(cc2NS(=O)(=O)c2cn(C)c(C)n2)n(C)c(=O)n3C)c1. The summed E-state index contributed by atoms with van der Waals surface area (Å²) in [5.74, 6) is 1.39. The van der Waals surface area contributed by atoms with E-state index in [4.69, 9.17) is 9.47 Å². The molecule has 0 saturated carbocycles. The lowest BCUT2D eigenvalue weighted by molar-refractivity contribution is 0.315. The zero-order valence-electron chi connectivity index (χ0n) is 20.6. The Balaban J connectivity index is 1.84. The van der Waals surface area contributed by atoms with E-state index in [-0.39, 0.29) is 27.9 Å². The van der Waals surface area contributed by atoms with Crippen LogP contribution in [0.2, 0.25) is 0 Å². The topological polar surface area (TPSA) is 133 Å². The summed E-state index contributed by atoms with van der Waals surface area (Å²) in [7, 11) is 0.825. The van der Waals surface area contributed by atoms with Crippen LogP contribution in [-0.4, -0.2) is 33.7 Å². The lowest BCUT2D eigenvalue weighted by Crippen LogP contribution is -2.19. The molecule has 11 nitrogen and oxygen atoms in total. The van der Waals surface area contributed by atoms with Crippen molar-refractivity contribution in [3.63, 3.8) is 0 Å². The van der Waals surface area contributed by atoms with Crippen molar-refractivity contribution in [1.29, 1.82) is 5.26 Å². The molecule has 188 valence electrons. The maximum Gasteiger partial charge on any atom is 0.328 e. The molecule has 0 spiro atoms. The summed E-state index contributed by atoms with van der Waals surface area (Å²) in [6, 6.07) is 9.91. The molecule has 2 aromatic carbocycles. The number of anilines is 1. The number of aromatic nitrogens is 4. The first kappa shape index (κ1) is 24.9. The first-order valence-electron chi connectivity index (χ1n) is 11.1. The van der Waals surface area contributed by atoms with Gasteiger partial charge in [-0.1, -0.05) is 6.92 Å².